The van der Waals surface area contributed by atoms with Gasteiger partial charge in [0.25, 0.3) is 0 Å². The minimum Gasteiger partial charge on any atom is -0.455 e. The number of furan rings is 1. The summed E-state index contributed by atoms with van der Waals surface area (Å²) < 4.78 is 9.24. The summed E-state index contributed by atoms with van der Waals surface area (Å²) in [4.78, 5) is 15.6. The summed E-state index contributed by atoms with van der Waals surface area (Å²) >= 11 is 0. The van der Waals surface area contributed by atoms with Crippen molar-refractivity contribution in [3.05, 3.63) is 194 Å². The molecule has 0 saturated heterocycles. The van der Waals surface area contributed by atoms with Gasteiger partial charge in [0.05, 0.1) is 22.3 Å². The first-order valence-corrected chi connectivity index (χ1v) is 19.5. The van der Waals surface area contributed by atoms with Crippen molar-refractivity contribution in [2.75, 3.05) is 0 Å². The number of hydrogen-bond donors (Lipinski definition) is 0. The van der Waals surface area contributed by atoms with Crippen molar-refractivity contribution in [2.45, 2.75) is 0 Å². The Morgan fingerprint density at radius 3 is 1.71 bits per heavy atom. The minimum atomic E-state index is 0.538. The summed E-state index contributed by atoms with van der Waals surface area (Å²) in [7, 11) is 0. The average Bonchev–Trinajstić information content (AvgIpc) is 3.83. The second kappa shape index (κ2) is 12.8. The van der Waals surface area contributed by atoms with Crippen LogP contribution in [0.15, 0.2) is 199 Å². The second-order valence-electron chi connectivity index (χ2n) is 14.7. The fourth-order valence-corrected chi connectivity index (χ4v) is 8.80. The molecule has 58 heavy (non-hydrogen) atoms. The number of rotatable bonds is 5. The molecule has 0 aliphatic carbocycles. The second-order valence-corrected chi connectivity index (χ2v) is 14.7. The van der Waals surface area contributed by atoms with Crippen LogP contribution in [0.1, 0.15) is 0 Å². The molecule has 0 radical (unpaired) electrons. The van der Waals surface area contributed by atoms with E-state index in [-0.39, 0.29) is 0 Å². The summed E-state index contributed by atoms with van der Waals surface area (Å²) in [5, 5.41) is 9.19. The zero-order chi connectivity index (χ0) is 38.2. The zero-order valence-electron chi connectivity index (χ0n) is 31.2. The lowest BCUT2D eigenvalue weighted by Gasteiger charge is -2.16. The largest absolute Gasteiger partial charge is 0.455 e. The number of fused-ring (bicyclic) bond motifs is 8. The molecule has 270 valence electrons. The number of benzene rings is 9. The molecule has 0 N–H and O–H groups in total. The third-order valence-electron chi connectivity index (χ3n) is 11.4. The highest BCUT2D eigenvalue weighted by Gasteiger charge is 2.25. The predicted octanol–water partition coefficient (Wildman–Crippen LogP) is 13.8. The number of para-hydroxylation sites is 2. The van der Waals surface area contributed by atoms with Gasteiger partial charge in [-0.25, -0.2) is 15.0 Å². The quantitative estimate of drug-likeness (QED) is 0.176. The van der Waals surface area contributed by atoms with E-state index in [1.165, 1.54) is 38.1 Å². The molecule has 9 aromatic carbocycles. The maximum Gasteiger partial charge on any atom is 0.170 e. The van der Waals surface area contributed by atoms with E-state index in [0.29, 0.717) is 17.5 Å². The fourth-order valence-electron chi connectivity index (χ4n) is 8.80. The maximum absolute atomic E-state index is 6.87. The molecule has 12 aromatic rings. The monoisotopic (exact) mass is 740 g/mol. The summed E-state index contributed by atoms with van der Waals surface area (Å²) in [6.07, 6.45) is 0. The van der Waals surface area contributed by atoms with Crippen LogP contribution in [0.2, 0.25) is 0 Å². The van der Waals surface area contributed by atoms with Gasteiger partial charge in [0.15, 0.2) is 17.5 Å². The Labute approximate surface area is 333 Å². The zero-order valence-corrected chi connectivity index (χ0v) is 31.2. The van der Waals surface area contributed by atoms with E-state index in [1.807, 2.05) is 72.8 Å². The summed E-state index contributed by atoms with van der Waals surface area (Å²) in [6, 6.07) is 68.1. The normalized spacial score (nSPS) is 11.8. The predicted molar refractivity (Wildman–Crippen MR) is 238 cm³/mol. The van der Waals surface area contributed by atoms with E-state index in [1.54, 1.807) is 0 Å². The smallest absolute Gasteiger partial charge is 0.170 e. The first kappa shape index (κ1) is 32.4. The highest BCUT2D eigenvalue weighted by Crippen LogP contribution is 2.44. The topological polar surface area (TPSA) is 56.7 Å². The molecule has 0 atom stereocenters. The van der Waals surface area contributed by atoms with Crippen molar-refractivity contribution >= 4 is 65.3 Å². The van der Waals surface area contributed by atoms with E-state index >= 15 is 0 Å². The molecule has 0 amide bonds. The fraction of sp³-hybridized carbons (Fsp3) is 0. The van der Waals surface area contributed by atoms with Crippen LogP contribution < -0.4 is 0 Å². The van der Waals surface area contributed by atoms with Crippen LogP contribution in [0.5, 0.6) is 0 Å². The minimum absolute atomic E-state index is 0.538. The van der Waals surface area contributed by atoms with Gasteiger partial charge in [0.1, 0.15) is 11.2 Å². The maximum atomic E-state index is 6.87. The lowest BCUT2D eigenvalue weighted by atomic mass is 9.93. The standard InChI is InChI=1S/C53H32N4O/c1-3-16-34(17-4-1)51-54-52(35-18-5-2-6-19-35)56-53(55-51)49-46(30-29-42-41-24-10-12-28-48(41)58-50(42)49)57-45-27-11-9-23-40(45)44-31-36-21-14-26-39(43(36)32-47(44)57)38-25-13-20-33-15-7-8-22-37(33)38/h1-32H. The Kier molecular flexibility index (Phi) is 7.16. The Morgan fingerprint density at radius 1 is 0.362 bits per heavy atom. The SMILES string of the molecule is c1ccc(-c2nc(-c3ccccc3)nc(-c3c(-n4c5ccccc5c5cc6cccc(-c7cccc8ccccc78)c6cc54)ccc4c3oc3ccccc34)n2)cc1. The van der Waals surface area contributed by atoms with Gasteiger partial charge in [0.2, 0.25) is 0 Å². The van der Waals surface area contributed by atoms with Gasteiger partial charge in [-0.3, -0.25) is 0 Å². The molecule has 5 heteroatoms. The molecule has 0 aliphatic rings. The van der Waals surface area contributed by atoms with Gasteiger partial charge in [-0.15, -0.1) is 0 Å². The van der Waals surface area contributed by atoms with E-state index in [9.17, 15) is 0 Å². The van der Waals surface area contributed by atoms with E-state index in [0.717, 1.165) is 60.7 Å². The molecule has 0 aliphatic heterocycles. The molecule has 5 nitrogen and oxygen atoms in total. The van der Waals surface area contributed by atoms with Crippen LogP contribution in [0.4, 0.5) is 0 Å². The Morgan fingerprint density at radius 2 is 0.948 bits per heavy atom. The summed E-state index contributed by atoms with van der Waals surface area (Å²) in [5.74, 6) is 1.73. The van der Waals surface area contributed by atoms with Gasteiger partial charge >= 0.3 is 0 Å². The molecule has 0 unspecified atom stereocenters. The average molecular weight is 741 g/mol. The van der Waals surface area contributed by atoms with Crippen LogP contribution in [0.25, 0.3) is 116 Å². The Balaban J connectivity index is 1.21. The van der Waals surface area contributed by atoms with Crippen LogP contribution in [-0.2, 0) is 0 Å². The third kappa shape index (κ3) is 5.00. The van der Waals surface area contributed by atoms with Gasteiger partial charge in [-0.05, 0) is 69.1 Å². The molecular weight excluding hydrogens is 709 g/mol. The lowest BCUT2D eigenvalue weighted by Crippen LogP contribution is -2.04. The molecular formula is C53H32N4O. The first-order valence-electron chi connectivity index (χ1n) is 19.5. The molecule has 3 heterocycles. The molecule has 3 aromatic heterocycles. The van der Waals surface area contributed by atoms with E-state index in [2.05, 4.69) is 126 Å². The Bertz CT molecular complexity index is 3500. The number of hydrogen-bond acceptors (Lipinski definition) is 4. The van der Waals surface area contributed by atoms with E-state index in [4.69, 9.17) is 19.4 Å². The van der Waals surface area contributed by atoms with Gasteiger partial charge < -0.3 is 8.98 Å². The lowest BCUT2D eigenvalue weighted by molar-refractivity contribution is 0.669. The van der Waals surface area contributed by atoms with Crippen molar-refractivity contribution in [3.63, 3.8) is 0 Å². The number of aromatic nitrogens is 4. The van der Waals surface area contributed by atoms with Crippen molar-refractivity contribution in [3.8, 4) is 51.0 Å². The van der Waals surface area contributed by atoms with Crippen molar-refractivity contribution in [2.24, 2.45) is 0 Å². The highest BCUT2D eigenvalue weighted by atomic mass is 16.3. The molecule has 0 fully saturated rings. The van der Waals surface area contributed by atoms with E-state index < -0.39 is 0 Å². The third-order valence-corrected chi connectivity index (χ3v) is 11.4. The number of nitrogens with zero attached hydrogens (tertiary/aromatic N) is 4. The highest BCUT2D eigenvalue weighted by molar-refractivity contribution is 6.18. The van der Waals surface area contributed by atoms with Crippen molar-refractivity contribution in [1.82, 2.24) is 19.5 Å². The first-order chi connectivity index (χ1) is 28.8. The molecule has 0 bridgehead atoms. The van der Waals surface area contributed by atoms with Crippen molar-refractivity contribution in [1.29, 1.82) is 0 Å². The van der Waals surface area contributed by atoms with Crippen LogP contribution >= 0.6 is 0 Å². The summed E-state index contributed by atoms with van der Waals surface area (Å²) in [5.41, 5.74) is 9.64. The molecule has 0 saturated carbocycles. The van der Waals surface area contributed by atoms with Gasteiger partial charge in [0, 0.05) is 32.7 Å². The summed E-state index contributed by atoms with van der Waals surface area (Å²) in [6.45, 7) is 0. The molecule has 12 rings (SSSR count). The van der Waals surface area contributed by atoms with Gasteiger partial charge in [-0.2, -0.15) is 0 Å². The van der Waals surface area contributed by atoms with Gasteiger partial charge in [-0.1, -0.05) is 158 Å². The Hall–Kier alpha value is -7.89. The van der Waals surface area contributed by atoms with Crippen molar-refractivity contribution < 1.29 is 4.42 Å². The van der Waals surface area contributed by atoms with Crippen LogP contribution in [0.3, 0.4) is 0 Å². The van der Waals surface area contributed by atoms with Crippen LogP contribution in [0, 0.1) is 0 Å². The molecule has 0 spiro atoms. The van der Waals surface area contributed by atoms with Crippen LogP contribution in [-0.4, -0.2) is 19.5 Å².